The van der Waals surface area contributed by atoms with Gasteiger partial charge in [0.25, 0.3) is 0 Å². The van der Waals surface area contributed by atoms with Gasteiger partial charge in [-0.05, 0) is 18.2 Å². The lowest BCUT2D eigenvalue weighted by molar-refractivity contribution is 0.413. The van der Waals surface area contributed by atoms with Crippen LogP contribution in [0.2, 0.25) is 0 Å². The molecule has 0 aliphatic rings. The molecule has 0 fully saturated rings. The predicted octanol–water partition coefficient (Wildman–Crippen LogP) is 2.84. The van der Waals surface area contributed by atoms with Crippen LogP contribution in [0.4, 0.5) is 15.8 Å². The molecule has 0 aliphatic heterocycles. The summed E-state index contributed by atoms with van der Waals surface area (Å²) >= 11 is 0. The summed E-state index contributed by atoms with van der Waals surface area (Å²) in [6, 6.07) is 7.77. The molecular weight excluding hydrogens is 233 g/mol. The van der Waals surface area contributed by atoms with Crippen molar-refractivity contribution in [2.24, 2.45) is 0 Å². The molecule has 2 rings (SSSR count). The molecule has 0 saturated heterocycles. The molecule has 0 saturated carbocycles. The summed E-state index contributed by atoms with van der Waals surface area (Å²) in [5.41, 5.74) is 1.57. The molecule has 2 aromatic rings. The van der Waals surface area contributed by atoms with Gasteiger partial charge in [0.05, 0.1) is 30.2 Å². The molecule has 5 heteroatoms. The van der Waals surface area contributed by atoms with E-state index in [0.717, 1.165) is 0 Å². The zero-order valence-corrected chi connectivity index (χ0v) is 9.64. The molecule has 90 valence electrons. The second-order valence-corrected chi connectivity index (χ2v) is 3.50. The van der Waals surface area contributed by atoms with Crippen molar-refractivity contribution in [3.8, 4) is 11.8 Å². The molecule has 0 bridgehead atoms. The summed E-state index contributed by atoms with van der Waals surface area (Å²) in [5, 5.41) is 12.0. The quantitative estimate of drug-likeness (QED) is 0.900. The van der Waals surface area contributed by atoms with Gasteiger partial charge in [-0.1, -0.05) is 0 Å². The van der Waals surface area contributed by atoms with E-state index in [2.05, 4.69) is 10.3 Å². The smallest absolute Gasteiger partial charge is 0.145 e. The van der Waals surface area contributed by atoms with E-state index in [9.17, 15) is 4.39 Å². The summed E-state index contributed by atoms with van der Waals surface area (Å²) in [4.78, 5) is 3.93. The molecular formula is C13H10FN3O. The van der Waals surface area contributed by atoms with Gasteiger partial charge < -0.3 is 10.1 Å². The monoisotopic (exact) mass is 243 g/mol. The van der Waals surface area contributed by atoms with E-state index in [4.69, 9.17) is 10.00 Å². The number of methoxy groups -OCH3 is 1. The van der Waals surface area contributed by atoms with E-state index < -0.39 is 0 Å². The molecule has 0 unspecified atom stereocenters. The highest BCUT2D eigenvalue weighted by molar-refractivity contribution is 5.69. The zero-order chi connectivity index (χ0) is 13.0. The lowest BCUT2D eigenvalue weighted by Gasteiger charge is -2.11. The van der Waals surface area contributed by atoms with Crippen LogP contribution in [0.3, 0.4) is 0 Å². The van der Waals surface area contributed by atoms with Crippen LogP contribution in [-0.2, 0) is 0 Å². The summed E-state index contributed by atoms with van der Waals surface area (Å²) in [6.07, 6.45) is 3.06. The number of rotatable bonds is 3. The van der Waals surface area contributed by atoms with Gasteiger partial charge in [-0.3, -0.25) is 4.98 Å². The van der Waals surface area contributed by atoms with Gasteiger partial charge in [0, 0.05) is 12.3 Å². The van der Waals surface area contributed by atoms with Crippen LogP contribution >= 0.6 is 0 Å². The number of anilines is 2. The zero-order valence-electron chi connectivity index (χ0n) is 9.64. The van der Waals surface area contributed by atoms with Gasteiger partial charge in [-0.25, -0.2) is 4.39 Å². The number of hydrogen-bond donors (Lipinski definition) is 1. The molecule has 18 heavy (non-hydrogen) atoms. The third kappa shape index (κ3) is 2.38. The number of nitriles is 1. The van der Waals surface area contributed by atoms with Gasteiger partial charge >= 0.3 is 0 Å². The number of aromatic nitrogens is 1. The molecule has 1 heterocycles. The maximum Gasteiger partial charge on any atom is 0.145 e. The maximum atomic E-state index is 13.0. The van der Waals surface area contributed by atoms with Gasteiger partial charge in [0.15, 0.2) is 0 Å². The summed E-state index contributed by atoms with van der Waals surface area (Å²) in [5.74, 6) is -0.0214. The Kier molecular flexibility index (Phi) is 3.39. The van der Waals surface area contributed by atoms with Gasteiger partial charge in [0.1, 0.15) is 17.6 Å². The fourth-order valence-electron chi connectivity index (χ4n) is 1.50. The van der Waals surface area contributed by atoms with E-state index in [1.807, 2.05) is 6.07 Å². The first-order valence-electron chi connectivity index (χ1n) is 5.19. The minimum atomic E-state index is -0.385. The van der Waals surface area contributed by atoms with Crippen molar-refractivity contribution in [3.63, 3.8) is 0 Å². The SMILES string of the molecule is COc1cc(F)ccc1Nc1cnccc1C#N. The van der Waals surface area contributed by atoms with Gasteiger partial charge in [-0.2, -0.15) is 5.26 Å². The van der Waals surface area contributed by atoms with Crippen LogP contribution in [0, 0.1) is 17.1 Å². The van der Waals surface area contributed by atoms with Crippen LogP contribution in [0.25, 0.3) is 0 Å². The number of halogens is 1. The highest BCUT2D eigenvalue weighted by Crippen LogP contribution is 2.29. The van der Waals surface area contributed by atoms with Crippen molar-refractivity contribution in [2.75, 3.05) is 12.4 Å². The average Bonchev–Trinajstić information content (AvgIpc) is 2.41. The normalized spacial score (nSPS) is 9.61. The van der Waals surface area contributed by atoms with Gasteiger partial charge in [0.2, 0.25) is 0 Å². The number of hydrogen-bond acceptors (Lipinski definition) is 4. The summed E-state index contributed by atoms with van der Waals surface area (Å²) in [7, 11) is 1.45. The molecule has 0 amide bonds. The third-order valence-corrected chi connectivity index (χ3v) is 2.37. The Morgan fingerprint density at radius 3 is 2.89 bits per heavy atom. The first-order chi connectivity index (χ1) is 8.74. The van der Waals surface area contributed by atoms with Crippen LogP contribution in [0.5, 0.6) is 5.75 Å². The van der Waals surface area contributed by atoms with E-state index >= 15 is 0 Å². The minimum absolute atomic E-state index is 0.364. The van der Waals surface area contributed by atoms with Crippen molar-refractivity contribution in [1.82, 2.24) is 4.98 Å². The van der Waals surface area contributed by atoms with E-state index in [-0.39, 0.29) is 5.82 Å². The van der Waals surface area contributed by atoms with Crippen molar-refractivity contribution in [1.29, 1.82) is 5.26 Å². The first kappa shape index (κ1) is 11.9. The summed E-state index contributed by atoms with van der Waals surface area (Å²) < 4.78 is 18.1. The second kappa shape index (κ2) is 5.15. The Morgan fingerprint density at radius 1 is 1.33 bits per heavy atom. The van der Waals surface area contributed by atoms with E-state index in [0.29, 0.717) is 22.7 Å². The Hall–Kier alpha value is -2.61. The second-order valence-electron chi connectivity index (χ2n) is 3.50. The van der Waals surface area contributed by atoms with Crippen LogP contribution < -0.4 is 10.1 Å². The highest BCUT2D eigenvalue weighted by Gasteiger charge is 2.07. The number of benzene rings is 1. The lowest BCUT2D eigenvalue weighted by atomic mass is 10.2. The first-order valence-corrected chi connectivity index (χ1v) is 5.19. The molecule has 1 N–H and O–H groups in total. The maximum absolute atomic E-state index is 13.0. The van der Waals surface area contributed by atoms with Crippen LogP contribution in [0.1, 0.15) is 5.56 Å². The molecule has 0 atom stereocenters. The molecule has 1 aromatic heterocycles. The highest BCUT2D eigenvalue weighted by atomic mass is 19.1. The van der Waals surface area contributed by atoms with Gasteiger partial charge in [-0.15, -0.1) is 0 Å². The molecule has 0 radical (unpaired) electrons. The van der Waals surface area contributed by atoms with E-state index in [1.54, 1.807) is 12.1 Å². The third-order valence-electron chi connectivity index (χ3n) is 2.37. The molecule has 1 aromatic carbocycles. The lowest BCUT2D eigenvalue weighted by Crippen LogP contribution is -1.97. The topological polar surface area (TPSA) is 57.9 Å². The molecule has 4 nitrogen and oxygen atoms in total. The predicted molar refractivity (Wildman–Crippen MR) is 65.2 cm³/mol. The van der Waals surface area contributed by atoms with Crippen LogP contribution in [0.15, 0.2) is 36.7 Å². The minimum Gasteiger partial charge on any atom is -0.494 e. The fourth-order valence-corrected chi connectivity index (χ4v) is 1.50. The Labute approximate surface area is 104 Å². The Bertz CT molecular complexity index is 607. The average molecular weight is 243 g/mol. The van der Waals surface area contributed by atoms with Crippen molar-refractivity contribution < 1.29 is 9.13 Å². The Morgan fingerprint density at radius 2 is 2.17 bits per heavy atom. The van der Waals surface area contributed by atoms with E-state index in [1.165, 1.54) is 31.6 Å². The number of nitrogens with one attached hydrogen (secondary N) is 1. The van der Waals surface area contributed by atoms with Crippen LogP contribution in [-0.4, -0.2) is 12.1 Å². The number of nitrogens with zero attached hydrogens (tertiary/aromatic N) is 2. The molecule has 0 spiro atoms. The number of pyridine rings is 1. The van der Waals surface area contributed by atoms with Crippen molar-refractivity contribution >= 4 is 11.4 Å². The Balaban J connectivity index is 2.37. The summed E-state index contributed by atoms with van der Waals surface area (Å²) in [6.45, 7) is 0. The molecule has 0 aliphatic carbocycles. The fraction of sp³-hybridized carbons (Fsp3) is 0.0769. The standard InChI is InChI=1S/C13H10FN3O/c1-18-13-6-10(14)2-3-11(13)17-12-8-16-5-4-9(12)7-15/h2-6,8,17H,1H3. The van der Waals surface area contributed by atoms with Crippen molar-refractivity contribution in [2.45, 2.75) is 0 Å². The van der Waals surface area contributed by atoms with Crippen molar-refractivity contribution in [3.05, 3.63) is 48.0 Å². The number of ether oxygens (including phenoxy) is 1. The largest absolute Gasteiger partial charge is 0.494 e.